The molecule has 0 spiro atoms. The molecule has 8 heteroatoms. The molecule has 0 saturated carbocycles. The van der Waals surface area contributed by atoms with Gasteiger partial charge in [-0.1, -0.05) is 0 Å². The fourth-order valence-electron chi connectivity index (χ4n) is 4.35. The Morgan fingerprint density at radius 1 is 1.10 bits per heavy atom. The maximum atomic E-state index is 12.7. The van der Waals surface area contributed by atoms with Gasteiger partial charge in [0, 0.05) is 30.7 Å². The predicted molar refractivity (Wildman–Crippen MR) is 113 cm³/mol. The highest BCUT2D eigenvalue weighted by molar-refractivity contribution is 5.78. The molecule has 0 unspecified atom stereocenters. The van der Waals surface area contributed by atoms with E-state index in [1.54, 1.807) is 26.0 Å². The van der Waals surface area contributed by atoms with Crippen molar-refractivity contribution in [2.45, 2.75) is 44.7 Å². The van der Waals surface area contributed by atoms with Crippen LogP contribution in [-0.2, 0) is 9.53 Å². The molecule has 2 aliphatic heterocycles. The summed E-state index contributed by atoms with van der Waals surface area (Å²) < 4.78 is 16.0. The SMILES string of the molecule is CCOC(=O)N1CCC(NC(=O)CN2CCC[C@@H]2c2cc(OC)ccc2OC)CC1. The third kappa shape index (κ3) is 5.36. The van der Waals surface area contributed by atoms with Gasteiger partial charge in [-0.25, -0.2) is 4.79 Å². The maximum Gasteiger partial charge on any atom is 0.409 e. The molecule has 3 rings (SSSR count). The van der Waals surface area contributed by atoms with Gasteiger partial charge in [-0.15, -0.1) is 0 Å². The Bertz CT molecular complexity index is 733. The van der Waals surface area contributed by atoms with E-state index in [2.05, 4.69) is 10.2 Å². The lowest BCUT2D eigenvalue weighted by Crippen LogP contribution is -2.48. The Morgan fingerprint density at radius 3 is 2.53 bits per heavy atom. The minimum absolute atomic E-state index is 0.0262. The van der Waals surface area contributed by atoms with Gasteiger partial charge < -0.3 is 24.4 Å². The summed E-state index contributed by atoms with van der Waals surface area (Å²) in [5.74, 6) is 1.63. The highest BCUT2D eigenvalue weighted by atomic mass is 16.6. The van der Waals surface area contributed by atoms with Gasteiger partial charge in [-0.3, -0.25) is 9.69 Å². The maximum absolute atomic E-state index is 12.7. The number of likely N-dealkylation sites (tertiary alicyclic amines) is 2. The normalized spacial score (nSPS) is 20.1. The van der Waals surface area contributed by atoms with Gasteiger partial charge in [0.15, 0.2) is 0 Å². The van der Waals surface area contributed by atoms with Gasteiger partial charge in [-0.05, 0) is 57.4 Å². The zero-order valence-electron chi connectivity index (χ0n) is 18.2. The Kier molecular flexibility index (Phi) is 7.79. The number of nitrogens with zero attached hydrogens (tertiary/aromatic N) is 2. The Morgan fingerprint density at radius 2 is 1.87 bits per heavy atom. The van der Waals surface area contributed by atoms with Crippen molar-refractivity contribution < 1.29 is 23.8 Å². The average Bonchev–Trinajstić information content (AvgIpc) is 3.21. The molecule has 0 aromatic heterocycles. The standard InChI is InChI=1S/C22H33N3O5/c1-4-30-22(27)24-12-9-16(10-13-24)23-21(26)15-25-11-5-6-19(25)18-14-17(28-2)7-8-20(18)29-3/h7-8,14,16,19H,4-6,9-13,15H2,1-3H3,(H,23,26)/t19-/m1/s1. The van der Waals surface area contributed by atoms with Gasteiger partial charge in [-0.2, -0.15) is 0 Å². The molecule has 0 bridgehead atoms. The lowest BCUT2D eigenvalue weighted by molar-refractivity contribution is -0.123. The number of nitrogens with one attached hydrogen (secondary N) is 1. The molecule has 1 aromatic rings. The number of hydrogen-bond donors (Lipinski definition) is 1. The summed E-state index contributed by atoms with van der Waals surface area (Å²) in [6, 6.07) is 6.03. The minimum atomic E-state index is -0.269. The number of amides is 2. The molecule has 1 aromatic carbocycles. The summed E-state index contributed by atoms with van der Waals surface area (Å²) in [6.07, 6.45) is 3.25. The number of ether oxygens (including phenoxy) is 3. The molecule has 2 fully saturated rings. The third-order valence-electron chi connectivity index (χ3n) is 5.89. The zero-order valence-corrected chi connectivity index (χ0v) is 18.2. The molecule has 2 aliphatic rings. The molecule has 0 aliphatic carbocycles. The molecular weight excluding hydrogens is 386 g/mol. The lowest BCUT2D eigenvalue weighted by Gasteiger charge is -2.32. The monoisotopic (exact) mass is 419 g/mol. The van der Waals surface area contributed by atoms with Gasteiger partial charge >= 0.3 is 6.09 Å². The molecule has 8 nitrogen and oxygen atoms in total. The van der Waals surface area contributed by atoms with Crippen molar-refractivity contribution in [1.82, 2.24) is 15.1 Å². The van der Waals surface area contributed by atoms with Crippen LogP contribution in [0.4, 0.5) is 4.79 Å². The first-order valence-corrected chi connectivity index (χ1v) is 10.7. The predicted octanol–water partition coefficient (Wildman–Crippen LogP) is 2.58. The second kappa shape index (κ2) is 10.5. The Balaban J connectivity index is 1.55. The van der Waals surface area contributed by atoms with E-state index in [-0.39, 0.29) is 24.1 Å². The fraction of sp³-hybridized carbons (Fsp3) is 0.636. The topological polar surface area (TPSA) is 80.3 Å². The van der Waals surface area contributed by atoms with Crippen molar-refractivity contribution in [3.8, 4) is 11.5 Å². The molecule has 2 amide bonds. The molecule has 166 valence electrons. The van der Waals surface area contributed by atoms with E-state index < -0.39 is 0 Å². The van der Waals surface area contributed by atoms with E-state index in [0.29, 0.717) is 26.2 Å². The van der Waals surface area contributed by atoms with Crippen molar-refractivity contribution in [1.29, 1.82) is 0 Å². The van der Waals surface area contributed by atoms with E-state index in [0.717, 1.165) is 49.3 Å². The van der Waals surface area contributed by atoms with Gasteiger partial charge in [0.1, 0.15) is 11.5 Å². The van der Waals surface area contributed by atoms with Crippen LogP contribution in [0.1, 0.15) is 44.2 Å². The van der Waals surface area contributed by atoms with Crippen LogP contribution in [0.25, 0.3) is 0 Å². The molecule has 2 saturated heterocycles. The van der Waals surface area contributed by atoms with Crippen LogP contribution in [0.3, 0.4) is 0 Å². The second-order valence-corrected chi connectivity index (χ2v) is 7.76. The summed E-state index contributed by atoms with van der Waals surface area (Å²) in [5, 5.41) is 3.15. The van der Waals surface area contributed by atoms with Crippen LogP contribution in [-0.4, -0.2) is 74.8 Å². The highest BCUT2D eigenvalue weighted by Gasteiger charge is 2.31. The average molecular weight is 420 g/mol. The largest absolute Gasteiger partial charge is 0.497 e. The van der Waals surface area contributed by atoms with E-state index in [1.807, 2.05) is 18.2 Å². The summed E-state index contributed by atoms with van der Waals surface area (Å²) in [7, 11) is 3.32. The summed E-state index contributed by atoms with van der Waals surface area (Å²) in [6.45, 7) is 4.62. The molecule has 1 N–H and O–H groups in total. The van der Waals surface area contributed by atoms with Crippen LogP contribution in [0.2, 0.25) is 0 Å². The van der Waals surface area contributed by atoms with Crippen molar-refractivity contribution >= 4 is 12.0 Å². The number of methoxy groups -OCH3 is 2. The van der Waals surface area contributed by atoms with Crippen molar-refractivity contribution in [2.75, 3.05) is 47.0 Å². The highest BCUT2D eigenvalue weighted by Crippen LogP contribution is 2.38. The molecule has 30 heavy (non-hydrogen) atoms. The van der Waals surface area contributed by atoms with Crippen LogP contribution in [0, 0.1) is 0 Å². The van der Waals surface area contributed by atoms with E-state index >= 15 is 0 Å². The Hall–Kier alpha value is -2.48. The first-order chi connectivity index (χ1) is 14.5. The summed E-state index contributed by atoms with van der Waals surface area (Å²) in [4.78, 5) is 28.5. The quantitative estimate of drug-likeness (QED) is 0.732. The summed E-state index contributed by atoms with van der Waals surface area (Å²) >= 11 is 0. The van der Waals surface area contributed by atoms with Crippen LogP contribution in [0.5, 0.6) is 11.5 Å². The minimum Gasteiger partial charge on any atom is -0.497 e. The molecule has 1 atom stereocenters. The lowest BCUT2D eigenvalue weighted by atomic mass is 10.0. The van der Waals surface area contributed by atoms with Crippen molar-refractivity contribution in [3.63, 3.8) is 0 Å². The molecule has 0 radical (unpaired) electrons. The van der Waals surface area contributed by atoms with Crippen molar-refractivity contribution in [3.05, 3.63) is 23.8 Å². The molecule has 2 heterocycles. The first kappa shape index (κ1) is 22.2. The number of rotatable bonds is 7. The van der Waals surface area contributed by atoms with E-state index in [4.69, 9.17) is 14.2 Å². The smallest absolute Gasteiger partial charge is 0.409 e. The summed E-state index contributed by atoms with van der Waals surface area (Å²) in [5.41, 5.74) is 1.06. The van der Waals surface area contributed by atoms with Gasteiger partial charge in [0.2, 0.25) is 5.91 Å². The Labute approximate surface area is 178 Å². The molecular formula is C22H33N3O5. The first-order valence-electron chi connectivity index (χ1n) is 10.7. The third-order valence-corrected chi connectivity index (χ3v) is 5.89. The number of piperidine rings is 1. The number of carbonyl (C=O) groups excluding carboxylic acids is 2. The van der Waals surface area contributed by atoms with Crippen molar-refractivity contribution in [2.24, 2.45) is 0 Å². The number of hydrogen-bond acceptors (Lipinski definition) is 6. The van der Waals surface area contributed by atoms with E-state index in [9.17, 15) is 9.59 Å². The fourth-order valence-corrected chi connectivity index (χ4v) is 4.35. The van der Waals surface area contributed by atoms with Crippen LogP contribution in [0.15, 0.2) is 18.2 Å². The number of benzene rings is 1. The van der Waals surface area contributed by atoms with Crippen LogP contribution >= 0.6 is 0 Å². The van der Waals surface area contributed by atoms with E-state index in [1.165, 1.54) is 0 Å². The van der Waals surface area contributed by atoms with Gasteiger partial charge in [0.25, 0.3) is 0 Å². The zero-order chi connectivity index (χ0) is 21.5. The van der Waals surface area contributed by atoms with Crippen LogP contribution < -0.4 is 14.8 Å². The second-order valence-electron chi connectivity index (χ2n) is 7.76. The van der Waals surface area contributed by atoms with Gasteiger partial charge in [0.05, 0.1) is 27.4 Å². The number of carbonyl (C=O) groups is 2.